The summed E-state index contributed by atoms with van der Waals surface area (Å²) in [4.78, 5) is 4.71. The van der Waals surface area contributed by atoms with Crippen molar-refractivity contribution in [2.75, 3.05) is 5.75 Å². The predicted octanol–water partition coefficient (Wildman–Crippen LogP) is 9.39. The van der Waals surface area contributed by atoms with Gasteiger partial charge in [0.1, 0.15) is 0 Å². The van der Waals surface area contributed by atoms with E-state index in [4.69, 9.17) is 24.8 Å². The first-order chi connectivity index (χ1) is 21.7. The van der Waals surface area contributed by atoms with Crippen molar-refractivity contribution in [3.8, 4) is 6.07 Å². The lowest BCUT2D eigenvalue weighted by atomic mass is 9.90. The van der Waals surface area contributed by atoms with Gasteiger partial charge in [0.15, 0.2) is 0 Å². The number of aliphatic hydroxyl groups is 1. The largest absolute Gasteiger partial charge is 0.386 e. The minimum Gasteiger partial charge on any atom is -0.386 e. The molecule has 0 unspecified atom stereocenters. The van der Waals surface area contributed by atoms with Crippen molar-refractivity contribution in [2.45, 2.75) is 56.7 Å². The molecule has 1 heterocycles. The quantitative estimate of drug-likeness (QED) is 0.194. The SMILES string of the molecule is [2H]C([2H])([2H])C(O)(c1ccccc1CC[C@@H](SCC1(CC#N)CC1)c1cccc(/C=C/c2ccc3ccc(Cl)cc3n2)c1)C([2H])([2H])[2H]. The fourth-order valence-electron chi connectivity index (χ4n) is 4.96. The fraction of sp³-hybridized carbons (Fsp3) is 0.314. The molecule has 40 heavy (non-hydrogen) atoms. The highest BCUT2D eigenvalue weighted by atomic mass is 35.5. The molecule has 1 aliphatic rings. The van der Waals surface area contributed by atoms with E-state index in [0.29, 0.717) is 29.8 Å². The number of aryl methyl sites for hydroxylation is 1. The molecule has 1 saturated carbocycles. The van der Waals surface area contributed by atoms with Crippen LogP contribution in [0.3, 0.4) is 0 Å². The van der Waals surface area contributed by atoms with Gasteiger partial charge in [0.05, 0.1) is 22.9 Å². The smallest absolute Gasteiger partial charge is 0.0843 e. The van der Waals surface area contributed by atoms with Gasteiger partial charge in [0.2, 0.25) is 0 Å². The van der Waals surface area contributed by atoms with Gasteiger partial charge in [-0.15, -0.1) is 0 Å². The minimum absolute atomic E-state index is 0.0144. The molecule has 3 nitrogen and oxygen atoms in total. The summed E-state index contributed by atoms with van der Waals surface area (Å²) >= 11 is 7.93. The Morgan fingerprint density at radius 1 is 1.10 bits per heavy atom. The van der Waals surface area contributed by atoms with Crippen molar-refractivity contribution in [3.05, 3.63) is 112 Å². The molecule has 5 rings (SSSR count). The molecule has 0 radical (unpaired) electrons. The van der Waals surface area contributed by atoms with Crippen LogP contribution in [0, 0.1) is 16.7 Å². The second-order valence-electron chi connectivity index (χ2n) is 10.6. The van der Waals surface area contributed by atoms with Gasteiger partial charge in [0.25, 0.3) is 0 Å². The second kappa shape index (κ2) is 12.2. The van der Waals surface area contributed by atoms with Crippen LogP contribution in [0.15, 0.2) is 78.9 Å². The Morgan fingerprint density at radius 2 is 1.93 bits per heavy atom. The maximum Gasteiger partial charge on any atom is 0.0843 e. The molecule has 0 amide bonds. The zero-order chi connectivity index (χ0) is 33.2. The van der Waals surface area contributed by atoms with Crippen LogP contribution in [-0.2, 0) is 12.0 Å². The van der Waals surface area contributed by atoms with Crippen LogP contribution in [0.25, 0.3) is 23.1 Å². The van der Waals surface area contributed by atoms with Gasteiger partial charge >= 0.3 is 0 Å². The molecule has 1 aliphatic carbocycles. The molecule has 1 fully saturated rings. The Balaban J connectivity index is 1.42. The zero-order valence-electron chi connectivity index (χ0n) is 28.1. The molecule has 1 atom stereocenters. The van der Waals surface area contributed by atoms with Crippen LogP contribution in [0.4, 0.5) is 0 Å². The monoisotopic (exact) mass is 572 g/mol. The number of hydrogen-bond acceptors (Lipinski definition) is 4. The molecule has 1 N–H and O–H groups in total. The average Bonchev–Trinajstić information content (AvgIpc) is 3.78. The summed E-state index contributed by atoms with van der Waals surface area (Å²) in [5.41, 5.74) is 1.06. The normalized spacial score (nSPS) is 18.1. The Bertz CT molecular complexity index is 1760. The number of aromatic nitrogens is 1. The first kappa shape index (κ1) is 21.6. The number of rotatable bonds is 11. The molecule has 5 heteroatoms. The third-order valence-electron chi connectivity index (χ3n) is 7.49. The Morgan fingerprint density at radius 3 is 2.73 bits per heavy atom. The van der Waals surface area contributed by atoms with Crippen LogP contribution >= 0.6 is 23.4 Å². The van der Waals surface area contributed by atoms with Gasteiger partial charge in [-0.25, -0.2) is 4.98 Å². The van der Waals surface area contributed by atoms with Gasteiger partial charge in [-0.2, -0.15) is 17.0 Å². The third kappa shape index (κ3) is 7.15. The number of benzene rings is 3. The van der Waals surface area contributed by atoms with E-state index in [2.05, 4.69) is 18.2 Å². The Hall–Kier alpha value is -3.10. The van der Waals surface area contributed by atoms with Gasteiger partial charge in [-0.05, 0) is 91.3 Å². The van der Waals surface area contributed by atoms with E-state index in [9.17, 15) is 10.4 Å². The van der Waals surface area contributed by atoms with Gasteiger partial charge in [-0.1, -0.05) is 78.3 Å². The number of pyridine rings is 1. The lowest BCUT2D eigenvalue weighted by Gasteiger charge is -2.24. The molecule has 204 valence electrons. The maximum absolute atomic E-state index is 11.3. The number of thioether (sulfide) groups is 1. The number of hydrogen-bond donors (Lipinski definition) is 1. The van der Waals surface area contributed by atoms with E-state index in [1.165, 1.54) is 6.07 Å². The van der Waals surface area contributed by atoms with Crippen molar-refractivity contribution < 1.29 is 13.3 Å². The summed E-state index contributed by atoms with van der Waals surface area (Å²) in [5.74, 6) is 0.811. The molecule has 3 aromatic carbocycles. The van der Waals surface area contributed by atoms with Crippen LogP contribution in [0.2, 0.25) is 5.02 Å². The second-order valence-corrected chi connectivity index (χ2v) is 12.2. The zero-order valence-corrected chi connectivity index (χ0v) is 23.7. The summed E-state index contributed by atoms with van der Waals surface area (Å²) in [5, 5.41) is 22.3. The minimum atomic E-state index is -3.16. The first-order valence-corrected chi connectivity index (χ1v) is 14.8. The highest BCUT2D eigenvalue weighted by Gasteiger charge is 2.42. The van der Waals surface area contributed by atoms with Gasteiger partial charge in [-0.3, -0.25) is 0 Å². The van der Waals surface area contributed by atoms with E-state index >= 15 is 0 Å². The molecule has 4 aromatic rings. The number of fused-ring (bicyclic) bond motifs is 1. The highest BCUT2D eigenvalue weighted by molar-refractivity contribution is 7.99. The van der Waals surface area contributed by atoms with Crippen LogP contribution in [-0.4, -0.2) is 15.8 Å². The summed E-state index contributed by atoms with van der Waals surface area (Å²) in [7, 11) is 0. The molecular weight excluding hydrogens is 532 g/mol. The summed E-state index contributed by atoms with van der Waals surface area (Å²) in [6.45, 7) is -6.32. The van der Waals surface area contributed by atoms with Crippen LogP contribution < -0.4 is 0 Å². The van der Waals surface area contributed by atoms with Gasteiger partial charge in [0, 0.05) is 36.1 Å². The molecule has 0 saturated heterocycles. The van der Waals surface area contributed by atoms with E-state index in [-0.39, 0.29) is 16.2 Å². The topological polar surface area (TPSA) is 56.9 Å². The van der Waals surface area contributed by atoms with E-state index in [0.717, 1.165) is 46.3 Å². The van der Waals surface area contributed by atoms with E-state index in [1.807, 2.05) is 54.6 Å². The standard InChI is InChI=1S/C35H35ClN2OS/c1-34(2,39)31-9-4-3-7-26(31)13-17-33(40-24-35(18-19-35)20-21-37)28-8-5-6-25(22-28)10-15-30-16-12-27-11-14-29(36)23-32(27)38-30/h3-12,14-16,22-23,33,39H,13,17-20,24H2,1-2H3/b15-10+/t33-/m1/s1/i1D3,2D3. The predicted molar refractivity (Wildman–Crippen MR) is 169 cm³/mol. The summed E-state index contributed by atoms with van der Waals surface area (Å²) in [6.07, 6.45) is 7.42. The number of halogens is 1. The van der Waals surface area contributed by atoms with Gasteiger partial charge < -0.3 is 5.11 Å². The average molecular weight is 573 g/mol. The van der Waals surface area contributed by atoms with Crippen LogP contribution in [0.1, 0.15) is 80.8 Å². The fourth-order valence-corrected chi connectivity index (χ4v) is 6.70. The molecule has 1 aromatic heterocycles. The van der Waals surface area contributed by atoms with Crippen molar-refractivity contribution >= 4 is 46.4 Å². The summed E-state index contributed by atoms with van der Waals surface area (Å²) in [6, 6.07) is 26.5. The number of nitrogens with zero attached hydrogens (tertiary/aromatic N) is 2. The highest BCUT2D eigenvalue weighted by Crippen LogP contribution is 2.53. The van der Waals surface area contributed by atoms with E-state index in [1.54, 1.807) is 30.0 Å². The van der Waals surface area contributed by atoms with Crippen molar-refractivity contribution in [1.29, 1.82) is 5.26 Å². The molecule has 0 bridgehead atoms. The summed E-state index contributed by atoms with van der Waals surface area (Å²) < 4.78 is 47.8. The van der Waals surface area contributed by atoms with Crippen molar-refractivity contribution in [2.24, 2.45) is 5.41 Å². The Labute approximate surface area is 255 Å². The lowest BCUT2D eigenvalue weighted by Crippen LogP contribution is -2.18. The Kier molecular flexibility index (Phi) is 6.59. The lowest BCUT2D eigenvalue weighted by molar-refractivity contribution is 0.0776. The third-order valence-corrected chi connectivity index (χ3v) is 9.41. The van der Waals surface area contributed by atoms with Crippen molar-refractivity contribution in [3.63, 3.8) is 0 Å². The maximum atomic E-state index is 11.3. The van der Waals surface area contributed by atoms with Crippen LogP contribution in [0.5, 0.6) is 0 Å². The first-order valence-electron chi connectivity index (χ1n) is 16.4. The molecule has 0 spiro atoms. The molecular formula is C35H35ClN2OS. The number of nitriles is 1. The molecule has 0 aliphatic heterocycles. The van der Waals surface area contributed by atoms with E-state index < -0.39 is 19.3 Å². The van der Waals surface area contributed by atoms with Crippen molar-refractivity contribution in [1.82, 2.24) is 4.98 Å².